The predicted octanol–water partition coefficient (Wildman–Crippen LogP) is 2.42. The third-order valence-electron chi connectivity index (χ3n) is 3.88. The number of hydrogen-bond acceptors (Lipinski definition) is 3. The van der Waals surface area contributed by atoms with Gasteiger partial charge in [-0.15, -0.1) is 0 Å². The van der Waals surface area contributed by atoms with Gasteiger partial charge < -0.3 is 15.7 Å². The van der Waals surface area contributed by atoms with Crippen LogP contribution in [-0.4, -0.2) is 30.1 Å². The molecule has 1 aliphatic carbocycles. The minimum Gasteiger partial charge on any atom is -0.397 e. The van der Waals surface area contributed by atoms with Crippen molar-refractivity contribution in [3.8, 4) is 0 Å². The van der Waals surface area contributed by atoms with Gasteiger partial charge in [0.05, 0.1) is 18.0 Å². The Kier molecular flexibility index (Phi) is 4.77. The SMILES string of the molecule is Nc1ccccc1N(CCO)C(=O)C1CCC(F)(F)CC1. The monoisotopic (exact) mass is 298 g/mol. The Labute approximate surface area is 122 Å². The summed E-state index contributed by atoms with van der Waals surface area (Å²) in [6.07, 6.45) is -0.192. The van der Waals surface area contributed by atoms with E-state index in [0.29, 0.717) is 11.4 Å². The number of nitrogen functional groups attached to an aromatic ring is 1. The summed E-state index contributed by atoms with van der Waals surface area (Å²) in [7, 11) is 0. The van der Waals surface area contributed by atoms with Crippen LogP contribution in [0.1, 0.15) is 25.7 Å². The van der Waals surface area contributed by atoms with Crippen LogP contribution in [0.15, 0.2) is 24.3 Å². The van der Waals surface area contributed by atoms with Crippen LogP contribution in [0.3, 0.4) is 0 Å². The largest absolute Gasteiger partial charge is 0.397 e. The zero-order valence-electron chi connectivity index (χ0n) is 11.8. The minimum absolute atomic E-state index is 0.111. The van der Waals surface area contributed by atoms with Crippen LogP contribution in [0.25, 0.3) is 0 Å². The van der Waals surface area contributed by atoms with Crippen molar-refractivity contribution >= 4 is 17.3 Å². The number of anilines is 2. The molecule has 0 aromatic heterocycles. The molecule has 0 saturated heterocycles. The number of halogens is 2. The van der Waals surface area contributed by atoms with Crippen LogP contribution in [-0.2, 0) is 4.79 Å². The average molecular weight is 298 g/mol. The molecule has 4 nitrogen and oxygen atoms in total. The molecule has 6 heteroatoms. The van der Waals surface area contributed by atoms with Crippen molar-refractivity contribution < 1.29 is 18.7 Å². The molecule has 0 heterocycles. The molecule has 0 aliphatic heterocycles. The van der Waals surface area contributed by atoms with Crippen molar-refractivity contribution in [3.63, 3.8) is 0 Å². The Balaban J connectivity index is 2.15. The molecule has 21 heavy (non-hydrogen) atoms. The second-order valence-corrected chi connectivity index (χ2v) is 5.40. The highest BCUT2D eigenvalue weighted by molar-refractivity contribution is 5.97. The highest BCUT2D eigenvalue weighted by Crippen LogP contribution is 2.37. The van der Waals surface area contributed by atoms with E-state index < -0.39 is 11.8 Å². The number of nitrogens with two attached hydrogens (primary N) is 1. The minimum atomic E-state index is -2.66. The van der Waals surface area contributed by atoms with Crippen LogP contribution >= 0.6 is 0 Å². The summed E-state index contributed by atoms with van der Waals surface area (Å²) in [5.74, 6) is -3.34. The van der Waals surface area contributed by atoms with Gasteiger partial charge in [0.25, 0.3) is 0 Å². The van der Waals surface area contributed by atoms with Crippen molar-refractivity contribution in [1.29, 1.82) is 0 Å². The van der Waals surface area contributed by atoms with Gasteiger partial charge in [-0.05, 0) is 25.0 Å². The maximum atomic E-state index is 13.2. The van der Waals surface area contributed by atoms with Crippen LogP contribution in [0, 0.1) is 5.92 Å². The smallest absolute Gasteiger partial charge is 0.248 e. The molecule has 2 rings (SSSR count). The fraction of sp³-hybridized carbons (Fsp3) is 0.533. The van der Waals surface area contributed by atoms with Crippen LogP contribution in [0.4, 0.5) is 20.2 Å². The maximum absolute atomic E-state index is 13.2. The van der Waals surface area contributed by atoms with E-state index in [1.807, 2.05) is 0 Å². The molecule has 0 atom stereocenters. The summed E-state index contributed by atoms with van der Waals surface area (Å²) >= 11 is 0. The van der Waals surface area contributed by atoms with E-state index in [0.717, 1.165) is 0 Å². The van der Waals surface area contributed by atoms with E-state index in [9.17, 15) is 13.6 Å². The molecule has 1 amide bonds. The number of rotatable bonds is 4. The van der Waals surface area contributed by atoms with Gasteiger partial charge in [0.15, 0.2) is 0 Å². The van der Waals surface area contributed by atoms with Crippen molar-refractivity contribution in [2.75, 3.05) is 23.8 Å². The molecule has 1 saturated carbocycles. The Bertz CT molecular complexity index is 498. The van der Waals surface area contributed by atoms with Crippen LogP contribution in [0.5, 0.6) is 0 Å². The standard InChI is InChI=1S/C15H20F2N2O2/c16-15(17)7-5-11(6-8-15)14(21)19(9-10-20)13-4-2-1-3-12(13)18/h1-4,11,20H,5-10,18H2. The van der Waals surface area contributed by atoms with Gasteiger partial charge in [0, 0.05) is 25.3 Å². The van der Waals surface area contributed by atoms with Gasteiger partial charge in [-0.1, -0.05) is 12.1 Å². The Morgan fingerprint density at radius 3 is 2.52 bits per heavy atom. The summed E-state index contributed by atoms with van der Waals surface area (Å²) in [6, 6.07) is 6.86. The molecule has 116 valence electrons. The summed E-state index contributed by atoms with van der Waals surface area (Å²) in [5.41, 5.74) is 6.82. The number of aliphatic hydroxyl groups is 1. The molecule has 0 unspecified atom stereocenters. The number of alkyl halides is 2. The fourth-order valence-corrected chi connectivity index (χ4v) is 2.69. The van der Waals surface area contributed by atoms with Crippen molar-refractivity contribution in [2.24, 2.45) is 5.92 Å². The van der Waals surface area contributed by atoms with Gasteiger partial charge in [-0.3, -0.25) is 4.79 Å². The maximum Gasteiger partial charge on any atom is 0.248 e. The summed E-state index contributed by atoms with van der Waals surface area (Å²) in [4.78, 5) is 14.0. The lowest BCUT2D eigenvalue weighted by Crippen LogP contribution is -2.41. The first-order valence-electron chi connectivity index (χ1n) is 7.09. The first kappa shape index (κ1) is 15.7. The molecule has 3 N–H and O–H groups in total. The van der Waals surface area contributed by atoms with Crippen molar-refractivity contribution in [3.05, 3.63) is 24.3 Å². The second-order valence-electron chi connectivity index (χ2n) is 5.40. The number of hydrogen-bond donors (Lipinski definition) is 2. The number of carbonyl (C=O) groups is 1. The van der Waals surface area contributed by atoms with E-state index in [1.54, 1.807) is 24.3 Å². The number of aliphatic hydroxyl groups excluding tert-OH is 1. The normalized spacial score (nSPS) is 18.4. The van der Waals surface area contributed by atoms with Gasteiger partial charge in [-0.25, -0.2) is 8.78 Å². The third-order valence-corrected chi connectivity index (χ3v) is 3.88. The van der Waals surface area contributed by atoms with Gasteiger partial charge in [0.1, 0.15) is 0 Å². The van der Waals surface area contributed by atoms with Crippen molar-refractivity contribution in [1.82, 2.24) is 0 Å². The molecule has 1 aromatic carbocycles. The fourth-order valence-electron chi connectivity index (χ4n) is 2.69. The first-order chi connectivity index (χ1) is 9.94. The van der Waals surface area contributed by atoms with Crippen LogP contribution in [0.2, 0.25) is 0 Å². The number of nitrogens with zero attached hydrogens (tertiary/aromatic N) is 1. The van der Waals surface area contributed by atoms with Gasteiger partial charge in [0.2, 0.25) is 11.8 Å². The average Bonchev–Trinajstić information content (AvgIpc) is 2.45. The first-order valence-corrected chi connectivity index (χ1v) is 7.09. The highest BCUT2D eigenvalue weighted by Gasteiger charge is 2.38. The number of carbonyl (C=O) groups excluding carboxylic acids is 1. The Hall–Kier alpha value is -1.69. The molecule has 0 bridgehead atoms. The van der Waals surface area contributed by atoms with E-state index in [1.165, 1.54) is 4.90 Å². The molecule has 0 spiro atoms. The quantitative estimate of drug-likeness (QED) is 0.839. The lowest BCUT2D eigenvalue weighted by molar-refractivity contribution is -0.126. The zero-order valence-corrected chi connectivity index (χ0v) is 11.8. The van der Waals surface area contributed by atoms with Gasteiger partial charge >= 0.3 is 0 Å². The molecule has 1 aliphatic rings. The Morgan fingerprint density at radius 1 is 1.33 bits per heavy atom. The highest BCUT2D eigenvalue weighted by atomic mass is 19.3. The van der Waals surface area contributed by atoms with Gasteiger partial charge in [-0.2, -0.15) is 0 Å². The molecule has 1 aromatic rings. The second kappa shape index (κ2) is 6.39. The van der Waals surface area contributed by atoms with E-state index in [-0.39, 0.29) is 44.7 Å². The molecule has 1 fully saturated rings. The van der Waals surface area contributed by atoms with Crippen LogP contribution < -0.4 is 10.6 Å². The Morgan fingerprint density at radius 2 is 1.95 bits per heavy atom. The third kappa shape index (κ3) is 3.69. The predicted molar refractivity (Wildman–Crippen MR) is 77.2 cm³/mol. The topological polar surface area (TPSA) is 66.6 Å². The summed E-state index contributed by atoms with van der Waals surface area (Å²) < 4.78 is 26.4. The lowest BCUT2D eigenvalue weighted by Gasteiger charge is -2.32. The number of amides is 1. The molecular formula is C15H20F2N2O2. The molecular weight excluding hydrogens is 278 g/mol. The van der Waals surface area contributed by atoms with E-state index in [2.05, 4.69) is 0 Å². The molecule has 0 radical (unpaired) electrons. The summed E-state index contributed by atoms with van der Waals surface area (Å²) in [5, 5.41) is 9.16. The van der Waals surface area contributed by atoms with Crippen molar-refractivity contribution in [2.45, 2.75) is 31.6 Å². The lowest BCUT2D eigenvalue weighted by atomic mass is 9.85. The number of para-hydroxylation sites is 2. The van der Waals surface area contributed by atoms with E-state index >= 15 is 0 Å². The summed E-state index contributed by atoms with van der Waals surface area (Å²) in [6.45, 7) is -0.0944. The van der Waals surface area contributed by atoms with E-state index in [4.69, 9.17) is 10.8 Å². The number of benzene rings is 1. The zero-order chi connectivity index (χ0) is 15.5.